The molecule has 0 aromatic carbocycles. The zero-order chi connectivity index (χ0) is 17.3. The highest BCUT2D eigenvalue weighted by Crippen LogP contribution is 2.61. The molecule has 2 N–H and O–H groups in total. The second-order valence-electron chi connectivity index (χ2n) is 8.68. The molecule has 2 heteroatoms. The van der Waals surface area contributed by atoms with E-state index in [1.807, 2.05) is 6.79 Å². The van der Waals surface area contributed by atoms with E-state index in [0.29, 0.717) is 16.7 Å². The summed E-state index contributed by atoms with van der Waals surface area (Å²) in [4.78, 5) is 8.00. The third-order valence-corrected chi connectivity index (χ3v) is 7.17. The quantitative estimate of drug-likeness (QED) is 0.787. The molecule has 1 saturated carbocycles. The molecule has 3 rings (SSSR count). The molecule has 2 nitrogen and oxygen atoms in total. The van der Waals surface area contributed by atoms with Crippen molar-refractivity contribution in [1.82, 2.24) is 0 Å². The fourth-order valence-electron chi connectivity index (χ4n) is 5.72. The van der Waals surface area contributed by atoms with Crippen LogP contribution < -0.4 is 5.73 Å². The fourth-order valence-corrected chi connectivity index (χ4v) is 5.72. The van der Waals surface area contributed by atoms with Gasteiger partial charge in [0.2, 0.25) is 0 Å². The zero-order valence-corrected chi connectivity index (χ0v) is 15.5. The summed E-state index contributed by atoms with van der Waals surface area (Å²) >= 11 is 0. The van der Waals surface area contributed by atoms with Crippen LogP contribution in [0.15, 0.2) is 23.3 Å². The number of rotatable bonds is 2. The Hall–Kier alpha value is -0.890. The summed E-state index contributed by atoms with van der Waals surface area (Å²) in [5, 5.41) is 0. The fraction of sp³-hybridized carbons (Fsp3) is 0.762. The van der Waals surface area contributed by atoms with Gasteiger partial charge in [0, 0.05) is 0 Å². The lowest BCUT2D eigenvalue weighted by molar-refractivity contribution is -0.0979. The van der Waals surface area contributed by atoms with E-state index in [9.17, 15) is 0 Å². The first-order valence-electron chi connectivity index (χ1n) is 9.30. The van der Waals surface area contributed by atoms with E-state index in [4.69, 9.17) is 10.5 Å². The number of fused-ring (bicyclic) bond motifs is 3. The maximum Gasteiger partial charge on any atom is 0.106 e. The number of hydrogen-bond acceptors (Lipinski definition) is 2. The summed E-state index contributed by atoms with van der Waals surface area (Å²) in [6, 6.07) is 0. The van der Waals surface area contributed by atoms with Crippen LogP contribution in [0.5, 0.6) is 0 Å². The van der Waals surface area contributed by atoms with Crippen LogP contribution in [0, 0.1) is 28.6 Å². The first-order valence-corrected chi connectivity index (χ1v) is 9.30. The Bertz CT molecular complexity index is 492. The molecule has 1 fully saturated rings. The average molecular weight is 318 g/mol. The Labute approximate surface area is 142 Å². The van der Waals surface area contributed by atoms with Crippen LogP contribution in [0.2, 0.25) is 0 Å². The van der Waals surface area contributed by atoms with Gasteiger partial charge in [-0.25, -0.2) is 0 Å². The van der Waals surface area contributed by atoms with Crippen molar-refractivity contribution in [2.75, 3.05) is 6.54 Å². The maximum absolute atomic E-state index is 8.00. The van der Waals surface area contributed by atoms with Gasteiger partial charge >= 0.3 is 0 Å². The van der Waals surface area contributed by atoms with E-state index in [0.717, 1.165) is 18.4 Å². The molecule has 0 bridgehead atoms. The Morgan fingerprint density at radius 2 is 2.00 bits per heavy atom. The molecule has 0 amide bonds. The highest BCUT2D eigenvalue weighted by molar-refractivity contribution is 5.35. The van der Waals surface area contributed by atoms with Crippen molar-refractivity contribution in [2.24, 2.45) is 34.3 Å². The summed E-state index contributed by atoms with van der Waals surface area (Å²) in [5.41, 5.74) is 10.4. The lowest BCUT2D eigenvalue weighted by Crippen LogP contribution is -2.52. The van der Waals surface area contributed by atoms with Crippen molar-refractivity contribution in [1.29, 1.82) is 0 Å². The first kappa shape index (κ1) is 18.4. The molecular formula is C21H35NO. The van der Waals surface area contributed by atoms with Crippen molar-refractivity contribution in [3.8, 4) is 0 Å². The van der Waals surface area contributed by atoms with Crippen molar-refractivity contribution in [2.45, 2.75) is 66.2 Å². The van der Waals surface area contributed by atoms with Gasteiger partial charge in [0.1, 0.15) is 6.79 Å². The van der Waals surface area contributed by atoms with E-state index in [1.165, 1.54) is 38.5 Å². The number of carbonyl (C=O) groups excluding carboxylic acids is 1. The van der Waals surface area contributed by atoms with Crippen LogP contribution in [0.25, 0.3) is 0 Å². The molecule has 0 aromatic rings. The van der Waals surface area contributed by atoms with E-state index >= 15 is 0 Å². The first-order chi connectivity index (χ1) is 10.9. The van der Waals surface area contributed by atoms with Gasteiger partial charge in [0.15, 0.2) is 0 Å². The summed E-state index contributed by atoms with van der Waals surface area (Å²) in [5.74, 6) is 2.27. The molecule has 0 aromatic heterocycles. The molecule has 130 valence electrons. The van der Waals surface area contributed by atoms with Crippen molar-refractivity contribution in [3.05, 3.63) is 23.3 Å². The lowest BCUT2D eigenvalue weighted by Gasteiger charge is -2.58. The van der Waals surface area contributed by atoms with E-state index in [-0.39, 0.29) is 0 Å². The standard InChI is InChI=1S/C20H33N.CH2O/c1-14(2)15-6-8-17-16(12-15)7-9-18-19(3,13-21)10-5-11-20(17,18)4;1-2/h7,12,14,17-18H,5-6,8-11,13,21H2,1-4H3;1H2/t17?,18?,19-,20?;/m0./s1. The molecule has 0 heterocycles. The number of hydrogen-bond donors (Lipinski definition) is 1. The van der Waals surface area contributed by atoms with Gasteiger partial charge in [-0.1, -0.05) is 51.8 Å². The van der Waals surface area contributed by atoms with Crippen LogP contribution in [-0.4, -0.2) is 13.3 Å². The van der Waals surface area contributed by atoms with E-state index in [1.54, 1.807) is 11.1 Å². The third-order valence-electron chi connectivity index (χ3n) is 7.17. The van der Waals surface area contributed by atoms with Crippen molar-refractivity contribution in [3.63, 3.8) is 0 Å². The topological polar surface area (TPSA) is 43.1 Å². The van der Waals surface area contributed by atoms with E-state index in [2.05, 4.69) is 39.8 Å². The summed E-state index contributed by atoms with van der Waals surface area (Å²) in [6.45, 7) is 12.6. The second kappa shape index (κ2) is 6.93. The molecule has 0 saturated heterocycles. The van der Waals surface area contributed by atoms with E-state index < -0.39 is 0 Å². The summed E-state index contributed by atoms with van der Waals surface area (Å²) in [7, 11) is 0. The van der Waals surface area contributed by atoms with Crippen LogP contribution in [0.3, 0.4) is 0 Å². The van der Waals surface area contributed by atoms with Gasteiger partial charge in [-0.05, 0) is 72.8 Å². The normalized spacial score (nSPS) is 39.4. The Morgan fingerprint density at radius 1 is 1.30 bits per heavy atom. The minimum Gasteiger partial charge on any atom is -0.330 e. The monoisotopic (exact) mass is 317 g/mol. The number of nitrogens with two attached hydrogens (primary N) is 1. The average Bonchev–Trinajstić information content (AvgIpc) is 2.56. The molecule has 3 aliphatic carbocycles. The van der Waals surface area contributed by atoms with Gasteiger partial charge in [0.25, 0.3) is 0 Å². The van der Waals surface area contributed by atoms with Gasteiger partial charge in [-0.15, -0.1) is 0 Å². The number of allylic oxidation sites excluding steroid dienone is 4. The van der Waals surface area contributed by atoms with Gasteiger partial charge in [-0.3, -0.25) is 0 Å². The Kier molecular flexibility index (Phi) is 5.56. The van der Waals surface area contributed by atoms with Gasteiger partial charge in [-0.2, -0.15) is 0 Å². The van der Waals surface area contributed by atoms with Crippen LogP contribution in [0.4, 0.5) is 0 Å². The molecule has 4 atom stereocenters. The van der Waals surface area contributed by atoms with Gasteiger partial charge < -0.3 is 10.5 Å². The van der Waals surface area contributed by atoms with Crippen molar-refractivity contribution >= 4 is 6.79 Å². The SMILES string of the molecule is C=O.CC(C)C1=CC2=CCC3C(C)(CCC[C@@]3(C)CN)C2CC1. The minimum absolute atomic E-state index is 0.358. The molecule has 0 aliphatic heterocycles. The van der Waals surface area contributed by atoms with Crippen LogP contribution in [0.1, 0.15) is 66.2 Å². The van der Waals surface area contributed by atoms with Crippen molar-refractivity contribution < 1.29 is 4.79 Å². The molecule has 23 heavy (non-hydrogen) atoms. The summed E-state index contributed by atoms with van der Waals surface area (Å²) in [6.07, 6.45) is 13.1. The molecule has 3 unspecified atom stereocenters. The van der Waals surface area contributed by atoms with Crippen LogP contribution >= 0.6 is 0 Å². The van der Waals surface area contributed by atoms with Gasteiger partial charge in [0.05, 0.1) is 0 Å². The summed E-state index contributed by atoms with van der Waals surface area (Å²) < 4.78 is 0. The highest BCUT2D eigenvalue weighted by atomic mass is 16.1. The van der Waals surface area contributed by atoms with Crippen LogP contribution in [-0.2, 0) is 4.79 Å². The minimum atomic E-state index is 0.358. The molecule has 0 radical (unpaired) electrons. The maximum atomic E-state index is 8.00. The zero-order valence-electron chi connectivity index (χ0n) is 15.5. The largest absolute Gasteiger partial charge is 0.330 e. The lowest BCUT2D eigenvalue weighted by atomic mass is 9.47. The predicted octanol–water partition coefficient (Wildman–Crippen LogP) is 4.90. The highest BCUT2D eigenvalue weighted by Gasteiger charge is 2.53. The molecular weight excluding hydrogens is 282 g/mol. The third kappa shape index (κ3) is 3.07. The smallest absolute Gasteiger partial charge is 0.106 e. The molecule has 3 aliphatic rings. The number of carbonyl (C=O) groups is 1. The Morgan fingerprint density at radius 3 is 2.61 bits per heavy atom. The second-order valence-corrected chi connectivity index (χ2v) is 8.68. The predicted molar refractivity (Wildman–Crippen MR) is 98.1 cm³/mol. The molecule has 0 spiro atoms. The Balaban J connectivity index is 0.000000924.